The van der Waals surface area contributed by atoms with E-state index in [-0.39, 0.29) is 12.2 Å². The predicted octanol–water partition coefficient (Wildman–Crippen LogP) is 4.71. The standard InChI is InChI=1S/C28H37N5O2/c1-6-14-32(23-12-10-21-11-13-24(35-5)18-22(21)17-23)19-20(3)16-26(34)28-30-29-27(33(28)7-2)25-9-8-15-31(25)4/h8-9,11,13,15,18,23H,3,6-7,10,12,14,16-17,19H2,1-2,4-5H3. The van der Waals surface area contributed by atoms with Crippen molar-refractivity contribution < 1.29 is 9.53 Å². The van der Waals surface area contributed by atoms with Gasteiger partial charge in [0.1, 0.15) is 5.75 Å². The van der Waals surface area contributed by atoms with E-state index in [1.54, 1.807) is 7.11 Å². The van der Waals surface area contributed by atoms with Gasteiger partial charge in [-0.15, -0.1) is 10.2 Å². The van der Waals surface area contributed by atoms with Crippen LogP contribution in [0.1, 0.15) is 54.9 Å². The van der Waals surface area contributed by atoms with Crippen molar-refractivity contribution in [3.63, 3.8) is 0 Å². The van der Waals surface area contributed by atoms with E-state index in [1.165, 1.54) is 11.1 Å². The lowest BCUT2D eigenvalue weighted by Crippen LogP contribution is -2.41. The number of hydrogen-bond acceptors (Lipinski definition) is 5. The summed E-state index contributed by atoms with van der Waals surface area (Å²) in [4.78, 5) is 15.7. The first kappa shape index (κ1) is 24.9. The molecule has 35 heavy (non-hydrogen) atoms. The van der Waals surface area contributed by atoms with Crippen LogP contribution < -0.4 is 4.74 Å². The highest BCUT2D eigenvalue weighted by atomic mass is 16.5. The number of rotatable bonds is 11. The number of carbonyl (C=O) groups excluding carboxylic acids is 1. The van der Waals surface area contributed by atoms with Crippen LogP contribution in [-0.2, 0) is 26.4 Å². The minimum absolute atomic E-state index is 0.0278. The molecule has 0 fully saturated rings. The minimum Gasteiger partial charge on any atom is -0.497 e. The Labute approximate surface area is 208 Å². The molecule has 0 radical (unpaired) electrons. The number of fused-ring (bicyclic) bond motifs is 1. The maximum Gasteiger partial charge on any atom is 0.204 e. The molecule has 1 aliphatic rings. The molecule has 186 valence electrons. The summed E-state index contributed by atoms with van der Waals surface area (Å²) in [5, 5.41) is 8.61. The summed E-state index contributed by atoms with van der Waals surface area (Å²) < 4.78 is 9.34. The summed E-state index contributed by atoms with van der Waals surface area (Å²) in [5.41, 5.74) is 4.65. The van der Waals surface area contributed by atoms with Crippen LogP contribution in [0.15, 0.2) is 48.7 Å². The summed E-state index contributed by atoms with van der Waals surface area (Å²) in [6.07, 6.45) is 6.49. The van der Waals surface area contributed by atoms with Crippen LogP contribution in [0.2, 0.25) is 0 Å². The third kappa shape index (κ3) is 5.40. The van der Waals surface area contributed by atoms with Crippen molar-refractivity contribution in [2.75, 3.05) is 20.2 Å². The smallest absolute Gasteiger partial charge is 0.204 e. The zero-order chi connectivity index (χ0) is 24.9. The SMILES string of the molecule is C=C(CC(=O)c1nnc(-c2cccn2C)n1CC)CN(CCC)C1CCc2ccc(OC)cc2C1. The molecule has 0 saturated carbocycles. The number of nitrogens with zero attached hydrogens (tertiary/aromatic N) is 5. The van der Waals surface area contributed by atoms with E-state index in [9.17, 15) is 4.79 Å². The van der Waals surface area contributed by atoms with Gasteiger partial charge in [0, 0.05) is 38.8 Å². The van der Waals surface area contributed by atoms with Gasteiger partial charge in [-0.1, -0.05) is 25.1 Å². The van der Waals surface area contributed by atoms with Gasteiger partial charge in [0.25, 0.3) is 0 Å². The Balaban J connectivity index is 1.44. The van der Waals surface area contributed by atoms with Gasteiger partial charge in [0.05, 0.1) is 12.8 Å². The number of Topliss-reactive ketones (excluding diaryl/α,β-unsaturated/α-hetero) is 1. The van der Waals surface area contributed by atoms with Crippen molar-refractivity contribution in [1.29, 1.82) is 0 Å². The van der Waals surface area contributed by atoms with Crippen molar-refractivity contribution in [1.82, 2.24) is 24.2 Å². The second-order valence-electron chi connectivity index (χ2n) is 9.45. The summed E-state index contributed by atoms with van der Waals surface area (Å²) in [6.45, 7) is 10.8. The molecule has 7 heteroatoms. The van der Waals surface area contributed by atoms with Gasteiger partial charge in [0.15, 0.2) is 5.82 Å². The van der Waals surface area contributed by atoms with Gasteiger partial charge >= 0.3 is 0 Å². The van der Waals surface area contributed by atoms with E-state index in [0.29, 0.717) is 25.0 Å². The van der Waals surface area contributed by atoms with Crippen LogP contribution in [0, 0.1) is 0 Å². The number of aromatic nitrogens is 4. The molecule has 2 heterocycles. The molecule has 0 saturated heterocycles. The molecular weight excluding hydrogens is 438 g/mol. The average Bonchev–Trinajstić information content (AvgIpc) is 3.48. The number of hydrogen-bond donors (Lipinski definition) is 0. The Hall–Kier alpha value is -3.19. The van der Waals surface area contributed by atoms with Gasteiger partial charge in [-0.3, -0.25) is 9.69 Å². The van der Waals surface area contributed by atoms with Crippen molar-refractivity contribution in [2.45, 2.75) is 58.5 Å². The van der Waals surface area contributed by atoms with Crippen molar-refractivity contribution in [2.24, 2.45) is 7.05 Å². The molecule has 0 spiro atoms. The van der Waals surface area contributed by atoms with Crippen LogP contribution >= 0.6 is 0 Å². The molecule has 4 rings (SSSR count). The monoisotopic (exact) mass is 475 g/mol. The maximum atomic E-state index is 13.2. The predicted molar refractivity (Wildman–Crippen MR) is 139 cm³/mol. The highest BCUT2D eigenvalue weighted by Crippen LogP contribution is 2.29. The van der Waals surface area contributed by atoms with Crippen LogP contribution in [0.5, 0.6) is 5.75 Å². The second kappa shape index (κ2) is 11.0. The van der Waals surface area contributed by atoms with Gasteiger partial charge < -0.3 is 13.9 Å². The van der Waals surface area contributed by atoms with Gasteiger partial charge in [-0.2, -0.15) is 0 Å². The normalized spacial score (nSPS) is 15.3. The molecule has 0 bridgehead atoms. The summed E-state index contributed by atoms with van der Waals surface area (Å²) in [7, 11) is 3.68. The summed E-state index contributed by atoms with van der Waals surface area (Å²) in [5.74, 6) is 2.01. The average molecular weight is 476 g/mol. The minimum atomic E-state index is -0.0278. The topological polar surface area (TPSA) is 65.2 Å². The Morgan fingerprint density at radius 2 is 2.06 bits per heavy atom. The van der Waals surface area contributed by atoms with Gasteiger partial charge in [-0.05, 0) is 74.5 Å². The molecule has 1 unspecified atom stereocenters. The first-order chi connectivity index (χ1) is 16.9. The highest BCUT2D eigenvalue weighted by Gasteiger charge is 2.26. The first-order valence-corrected chi connectivity index (χ1v) is 12.6. The molecule has 1 atom stereocenters. The second-order valence-corrected chi connectivity index (χ2v) is 9.45. The van der Waals surface area contributed by atoms with E-state index in [2.05, 4.69) is 46.8 Å². The third-order valence-corrected chi connectivity index (χ3v) is 6.97. The van der Waals surface area contributed by atoms with E-state index in [4.69, 9.17) is 4.74 Å². The number of aryl methyl sites for hydroxylation is 2. The fourth-order valence-electron chi connectivity index (χ4n) is 5.17. The van der Waals surface area contributed by atoms with E-state index < -0.39 is 0 Å². The zero-order valence-electron chi connectivity index (χ0n) is 21.5. The summed E-state index contributed by atoms with van der Waals surface area (Å²) in [6, 6.07) is 10.8. The lowest BCUT2D eigenvalue weighted by atomic mass is 9.87. The lowest BCUT2D eigenvalue weighted by molar-refractivity contribution is 0.0974. The Bertz CT molecular complexity index is 1190. The molecule has 0 amide bonds. The van der Waals surface area contributed by atoms with Crippen molar-refractivity contribution >= 4 is 5.78 Å². The zero-order valence-corrected chi connectivity index (χ0v) is 21.5. The number of benzene rings is 1. The molecule has 0 N–H and O–H groups in total. The number of methoxy groups -OCH3 is 1. The maximum absolute atomic E-state index is 13.2. The fraction of sp³-hybridized carbons (Fsp3) is 0.464. The van der Waals surface area contributed by atoms with Crippen molar-refractivity contribution in [3.05, 3.63) is 65.6 Å². The number of ether oxygens (including phenoxy) is 1. The van der Waals surface area contributed by atoms with Crippen LogP contribution in [0.25, 0.3) is 11.5 Å². The summed E-state index contributed by atoms with van der Waals surface area (Å²) >= 11 is 0. The van der Waals surface area contributed by atoms with E-state index >= 15 is 0 Å². The molecule has 1 aliphatic carbocycles. The van der Waals surface area contributed by atoms with E-state index in [0.717, 1.165) is 55.1 Å². The Kier molecular flexibility index (Phi) is 7.86. The molecular formula is C28H37N5O2. The highest BCUT2D eigenvalue weighted by molar-refractivity contribution is 5.94. The Morgan fingerprint density at radius 3 is 2.74 bits per heavy atom. The van der Waals surface area contributed by atoms with Crippen LogP contribution in [0.3, 0.4) is 0 Å². The Morgan fingerprint density at radius 1 is 1.23 bits per heavy atom. The molecule has 3 aromatic rings. The quantitative estimate of drug-likeness (QED) is 0.297. The lowest BCUT2D eigenvalue weighted by Gasteiger charge is -2.35. The van der Waals surface area contributed by atoms with Crippen LogP contribution in [0.4, 0.5) is 0 Å². The van der Waals surface area contributed by atoms with Gasteiger partial charge in [0.2, 0.25) is 11.6 Å². The van der Waals surface area contributed by atoms with E-state index in [1.807, 2.05) is 41.4 Å². The fourth-order valence-corrected chi connectivity index (χ4v) is 5.17. The molecule has 2 aromatic heterocycles. The third-order valence-electron chi connectivity index (χ3n) is 6.97. The number of carbonyl (C=O) groups is 1. The molecule has 1 aromatic carbocycles. The number of ketones is 1. The molecule has 7 nitrogen and oxygen atoms in total. The molecule has 0 aliphatic heterocycles. The largest absolute Gasteiger partial charge is 0.497 e. The van der Waals surface area contributed by atoms with Crippen LogP contribution in [-0.4, -0.2) is 56.3 Å². The van der Waals surface area contributed by atoms with Crippen molar-refractivity contribution in [3.8, 4) is 17.3 Å². The van der Waals surface area contributed by atoms with Gasteiger partial charge in [-0.25, -0.2) is 0 Å². The first-order valence-electron chi connectivity index (χ1n) is 12.6.